The number of benzene rings is 1. The van der Waals surface area contributed by atoms with E-state index in [0.717, 1.165) is 0 Å². The van der Waals surface area contributed by atoms with Gasteiger partial charge in [-0.25, -0.2) is 4.79 Å². The Balaban J connectivity index is 2.96. The zero-order chi connectivity index (χ0) is 31.8. The van der Waals surface area contributed by atoms with Crippen LogP contribution in [0.5, 0.6) is 0 Å². The van der Waals surface area contributed by atoms with Crippen molar-refractivity contribution in [2.24, 2.45) is 17.2 Å². The first-order valence-electron chi connectivity index (χ1n) is 13.7. The van der Waals surface area contributed by atoms with Crippen LogP contribution < -0.4 is 38.5 Å². The van der Waals surface area contributed by atoms with Crippen LogP contribution in [0.25, 0.3) is 0 Å². The number of amides is 5. The number of primary amides is 1. The number of nitrogens with two attached hydrogens (primary N) is 3. The maximum atomic E-state index is 13.1. The Hall–Kier alpha value is -4.08. The Labute approximate surface area is 244 Å². The molecule has 15 nitrogen and oxygen atoms in total. The first-order chi connectivity index (χ1) is 19.8. The van der Waals surface area contributed by atoms with Gasteiger partial charge < -0.3 is 48.7 Å². The Morgan fingerprint density at radius 2 is 1.43 bits per heavy atom. The minimum Gasteiger partial charge on any atom is -0.480 e. The van der Waals surface area contributed by atoms with Gasteiger partial charge in [-0.15, -0.1) is 0 Å². The van der Waals surface area contributed by atoms with Crippen LogP contribution in [0.1, 0.15) is 51.5 Å². The Kier molecular flexibility index (Phi) is 15.7. The molecule has 1 rings (SSSR count). The van der Waals surface area contributed by atoms with E-state index in [9.17, 15) is 39.0 Å². The third-order valence-corrected chi connectivity index (χ3v) is 6.33. The lowest BCUT2D eigenvalue weighted by Crippen LogP contribution is -2.60. The van der Waals surface area contributed by atoms with Crippen molar-refractivity contribution in [1.82, 2.24) is 21.3 Å². The standard InChI is InChI=1S/C27H43N7O8/c1-15(31-26(40)22(16(2)35)34-24(38)18(29)10-6-7-13-28)23(37)33-20(14-17-8-4-3-5-9-17)25(39)32-19(27(41)42)11-12-21(30)36/h3-5,8-9,15-16,18-20,22,35H,6-7,10-14,28-29H2,1-2H3,(H2,30,36)(H,31,40)(H,32,39)(H,33,37)(H,34,38)(H,41,42). The van der Waals surface area contributed by atoms with Gasteiger partial charge in [-0.3, -0.25) is 24.0 Å². The zero-order valence-corrected chi connectivity index (χ0v) is 23.9. The van der Waals surface area contributed by atoms with E-state index in [1.165, 1.54) is 13.8 Å². The summed E-state index contributed by atoms with van der Waals surface area (Å²) >= 11 is 0. The van der Waals surface area contributed by atoms with Crippen molar-refractivity contribution >= 4 is 35.5 Å². The number of carboxylic acid groups (broad SMARTS) is 1. The van der Waals surface area contributed by atoms with E-state index in [1.807, 2.05) is 0 Å². The molecule has 0 bridgehead atoms. The summed E-state index contributed by atoms with van der Waals surface area (Å²) in [6.07, 6.45) is -0.286. The number of carbonyl (C=O) groups is 6. The van der Waals surface area contributed by atoms with Crippen molar-refractivity contribution in [3.05, 3.63) is 35.9 Å². The van der Waals surface area contributed by atoms with Crippen LogP contribution in [-0.4, -0.2) is 88.6 Å². The molecule has 0 saturated carbocycles. The SMILES string of the molecule is CC(NC(=O)C(NC(=O)C(N)CCCCN)C(C)O)C(=O)NC(Cc1ccccc1)C(=O)NC(CCC(N)=O)C(=O)O. The summed E-state index contributed by atoms with van der Waals surface area (Å²) < 4.78 is 0. The lowest BCUT2D eigenvalue weighted by Gasteiger charge is -2.26. The molecule has 0 aliphatic rings. The van der Waals surface area contributed by atoms with Crippen molar-refractivity contribution in [3.63, 3.8) is 0 Å². The third kappa shape index (κ3) is 13.1. The number of aliphatic hydroxyl groups is 1. The second-order valence-corrected chi connectivity index (χ2v) is 10.0. The van der Waals surface area contributed by atoms with Gasteiger partial charge in [-0.2, -0.15) is 0 Å². The molecule has 0 radical (unpaired) electrons. The number of nitrogens with one attached hydrogen (secondary N) is 4. The number of aliphatic hydroxyl groups excluding tert-OH is 1. The summed E-state index contributed by atoms with van der Waals surface area (Å²) in [6.45, 7) is 3.06. The average Bonchev–Trinajstić information content (AvgIpc) is 2.93. The molecule has 6 atom stereocenters. The molecule has 15 heteroatoms. The summed E-state index contributed by atoms with van der Waals surface area (Å²) in [7, 11) is 0. The number of hydrogen-bond donors (Lipinski definition) is 9. The lowest BCUT2D eigenvalue weighted by atomic mass is 10.0. The molecule has 5 amide bonds. The van der Waals surface area contributed by atoms with Crippen LogP contribution >= 0.6 is 0 Å². The highest BCUT2D eigenvalue weighted by molar-refractivity contribution is 5.95. The first kappa shape index (κ1) is 35.9. The molecular formula is C27H43N7O8. The van der Waals surface area contributed by atoms with Gasteiger partial charge >= 0.3 is 5.97 Å². The monoisotopic (exact) mass is 593 g/mol. The minimum absolute atomic E-state index is 0.0182. The van der Waals surface area contributed by atoms with Crippen LogP contribution in [0.2, 0.25) is 0 Å². The molecule has 0 heterocycles. The van der Waals surface area contributed by atoms with Crippen molar-refractivity contribution < 1.29 is 39.0 Å². The van der Waals surface area contributed by atoms with Gasteiger partial charge in [-0.05, 0) is 45.2 Å². The fraction of sp³-hybridized carbons (Fsp3) is 0.556. The Morgan fingerprint density at radius 1 is 0.810 bits per heavy atom. The maximum absolute atomic E-state index is 13.1. The average molecular weight is 594 g/mol. The number of unbranched alkanes of at least 4 members (excludes halogenated alkanes) is 1. The number of rotatable bonds is 19. The van der Waals surface area contributed by atoms with Gasteiger partial charge in [0.25, 0.3) is 0 Å². The molecule has 0 aliphatic heterocycles. The quantitative estimate of drug-likeness (QED) is 0.0753. The number of hydrogen-bond acceptors (Lipinski definition) is 9. The summed E-state index contributed by atoms with van der Waals surface area (Å²) in [5.41, 5.74) is 17.0. The number of aliphatic carboxylic acids is 1. The fourth-order valence-electron chi connectivity index (χ4n) is 3.85. The van der Waals surface area contributed by atoms with Crippen LogP contribution in [-0.2, 0) is 35.2 Å². The predicted octanol–water partition coefficient (Wildman–Crippen LogP) is -2.62. The van der Waals surface area contributed by atoms with Gasteiger partial charge in [0.05, 0.1) is 12.1 Å². The zero-order valence-electron chi connectivity index (χ0n) is 23.9. The van der Waals surface area contributed by atoms with Gasteiger partial charge in [0.15, 0.2) is 0 Å². The fourth-order valence-corrected chi connectivity index (χ4v) is 3.85. The second kappa shape index (κ2) is 18.4. The normalized spacial score (nSPS) is 15.2. The summed E-state index contributed by atoms with van der Waals surface area (Å²) in [5.74, 6) is -5.28. The molecule has 0 spiro atoms. The predicted molar refractivity (Wildman–Crippen MR) is 152 cm³/mol. The number of carbonyl (C=O) groups excluding carboxylic acids is 5. The lowest BCUT2D eigenvalue weighted by molar-refractivity contribution is -0.142. The highest BCUT2D eigenvalue weighted by Crippen LogP contribution is 2.07. The minimum atomic E-state index is -1.44. The highest BCUT2D eigenvalue weighted by Gasteiger charge is 2.32. The van der Waals surface area contributed by atoms with Gasteiger partial charge in [0.1, 0.15) is 24.2 Å². The molecule has 0 aliphatic carbocycles. The first-order valence-corrected chi connectivity index (χ1v) is 13.7. The third-order valence-electron chi connectivity index (χ3n) is 6.33. The van der Waals surface area contributed by atoms with Crippen LogP contribution in [0.15, 0.2) is 30.3 Å². The summed E-state index contributed by atoms with van der Waals surface area (Å²) in [5, 5.41) is 29.2. The maximum Gasteiger partial charge on any atom is 0.326 e. The highest BCUT2D eigenvalue weighted by atomic mass is 16.4. The summed E-state index contributed by atoms with van der Waals surface area (Å²) in [6, 6.07) is 2.33. The Morgan fingerprint density at radius 3 is 1.98 bits per heavy atom. The molecule has 0 fully saturated rings. The van der Waals surface area contributed by atoms with Crippen molar-refractivity contribution in [3.8, 4) is 0 Å². The van der Waals surface area contributed by atoms with Gasteiger partial charge in [0, 0.05) is 12.8 Å². The molecule has 234 valence electrons. The van der Waals surface area contributed by atoms with Crippen molar-refractivity contribution in [2.75, 3.05) is 6.54 Å². The molecule has 0 saturated heterocycles. The topological polar surface area (TPSA) is 269 Å². The van der Waals surface area contributed by atoms with E-state index in [4.69, 9.17) is 17.2 Å². The van der Waals surface area contributed by atoms with Crippen molar-refractivity contribution in [2.45, 2.75) is 88.7 Å². The molecule has 1 aromatic rings. The molecular weight excluding hydrogens is 550 g/mol. The largest absolute Gasteiger partial charge is 0.480 e. The van der Waals surface area contributed by atoms with Crippen LogP contribution in [0, 0.1) is 0 Å². The molecule has 0 aromatic heterocycles. The van der Waals surface area contributed by atoms with E-state index in [2.05, 4.69) is 21.3 Å². The second-order valence-electron chi connectivity index (χ2n) is 10.0. The van der Waals surface area contributed by atoms with Crippen LogP contribution in [0.3, 0.4) is 0 Å². The molecule has 12 N–H and O–H groups in total. The summed E-state index contributed by atoms with van der Waals surface area (Å²) in [4.78, 5) is 74.1. The van der Waals surface area contributed by atoms with E-state index >= 15 is 0 Å². The molecule has 1 aromatic carbocycles. The van der Waals surface area contributed by atoms with Gasteiger partial charge in [0.2, 0.25) is 29.5 Å². The smallest absolute Gasteiger partial charge is 0.326 e. The van der Waals surface area contributed by atoms with E-state index in [-0.39, 0.29) is 19.3 Å². The van der Waals surface area contributed by atoms with Crippen LogP contribution in [0.4, 0.5) is 0 Å². The Bertz CT molecular complexity index is 1070. The van der Waals surface area contributed by atoms with E-state index in [1.54, 1.807) is 30.3 Å². The molecule has 42 heavy (non-hydrogen) atoms. The van der Waals surface area contributed by atoms with E-state index in [0.29, 0.717) is 31.4 Å². The van der Waals surface area contributed by atoms with Crippen molar-refractivity contribution in [1.29, 1.82) is 0 Å². The number of carboxylic acids is 1. The molecule has 6 unspecified atom stereocenters. The van der Waals surface area contributed by atoms with Gasteiger partial charge in [-0.1, -0.05) is 36.8 Å². The van der Waals surface area contributed by atoms with E-state index < -0.39 is 71.8 Å².